The van der Waals surface area contributed by atoms with Gasteiger partial charge in [-0.3, -0.25) is 0 Å². The summed E-state index contributed by atoms with van der Waals surface area (Å²) in [5, 5.41) is 0. The summed E-state index contributed by atoms with van der Waals surface area (Å²) in [7, 11) is 0. The van der Waals surface area contributed by atoms with Crippen LogP contribution < -0.4 is 0 Å². The van der Waals surface area contributed by atoms with Crippen LogP contribution in [0.4, 0.5) is 0 Å². The molecule has 1 atom stereocenters. The van der Waals surface area contributed by atoms with Crippen LogP contribution >= 0.6 is 22.6 Å². The molecule has 0 spiro atoms. The van der Waals surface area contributed by atoms with Gasteiger partial charge >= 0.3 is 0 Å². The van der Waals surface area contributed by atoms with Crippen molar-refractivity contribution in [2.24, 2.45) is 0 Å². The zero-order chi connectivity index (χ0) is 13.1. The highest BCUT2D eigenvalue weighted by Gasteiger charge is 2.35. The Labute approximate surface area is 122 Å². The van der Waals surface area contributed by atoms with Gasteiger partial charge < -0.3 is 18.9 Å². The van der Waals surface area contributed by atoms with Crippen LogP contribution in [0.2, 0.25) is 0 Å². The normalized spacial score (nSPS) is 30.3. The Hall–Kier alpha value is 0.310. The van der Waals surface area contributed by atoms with Crippen molar-refractivity contribution in [2.75, 3.05) is 24.2 Å². The maximum Gasteiger partial charge on any atom is 0.172 e. The smallest absolute Gasteiger partial charge is 0.172 e. The van der Waals surface area contributed by atoms with Crippen LogP contribution in [0.1, 0.15) is 26.7 Å². The van der Waals surface area contributed by atoms with E-state index < -0.39 is 11.6 Å². The van der Waals surface area contributed by atoms with Gasteiger partial charge in [0.2, 0.25) is 0 Å². The molecular formula is C13H21IO4. The average molecular weight is 368 g/mol. The monoisotopic (exact) mass is 368 g/mol. The fourth-order valence-corrected chi connectivity index (χ4v) is 3.04. The second-order valence-corrected chi connectivity index (χ2v) is 6.12. The van der Waals surface area contributed by atoms with E-state index in [1.54, 1.807) is 0 Å². The van der Waals surface area contributed by atoms with Crippen molar-refractivity contribution in [3.63, 3.8) is 0 Å². The van der Waals surface area contributed by atoms with E-state index >= 15 is 0 Å². The van der Waals surface area contributed by atoms with Crippen LogP contribution in [0, 0.1) is 0 Å². The molecule has 0 saturated carbocycles. The molecule has 0 amide bonds. The summed E-state index contributed by atoms with van der Waals surface area (Å²) >= 11 is 2.35. The Morgan fingerprint density at radius 1 is 1.22 bits per heavy atom. The van der Waals surface area contributed by atoms with E-state index in [4.69, 9.17) is 18.9 Å². The van der Waals surface area contributed by atoms with Gasteiger partial charge in [-0.2, -0.15) is 0 Å². The lowest BCUT2D eigenvalue weighted by Gasteiger charge is -2.25. The molecule has 0 aromatic carbocycles. The van der Waals surface area contributed by atoms with E-state index in [0.29, 0.717) is 19.8 Å². The first-order valence-electron chi connectivity index (χ1n) is 6.38. The highest BCUT2D eigenvalue weighted by Crippen LogP contribution is 2.29. The molecule has 0 bridgehead atoms. The Morgan fingerprint density at radius 3 is 2.50 bits per heavy atom. The lowest BCUT2D eigenvalue weighted by molar-refractivity contribution is -0.154. The van der Waals surface area contributed by atoms with Gasteiger partial charge in [-0.05, 0) is 13.8 Å². The van der Waals surface area contributed by atoms with Gasteiger partial charge in [0, 0.05) is 17.3 Å². The van der Waals surface area contributed by atoms with Gasteiger partial charge in [0.05, 0.1) is 19.8 Å². The molecule has 0 aromatic heterocycles. The molecule has 4 nitrogen and oxygen atoms in total. The van der Waals surface area contributed by atoms with E-state index in [9.17, 15) is 0 Å². The van der Waals surface area contributed by atoms with E-state index in [-0.39, 0.29) is 6.10 Å². The Kier molecular flexibility index (Phi) is 5.05. The molecule has 0 N–H and O–H groups in total. The molecule has 2 heterocycles. The summed E-state index contributed by atoms with van der Waals surface area (Å²) in [6.07, 6.45) is 5.88. The summed E-state index contributed by atoms with van der Waals surface area (Å²) in [6, 6.07) is 0. The number of alkyl halides is 1. The molecule has 104 valence electrons. The molecule has 0 radical (unpaired) electrons. The van der Waals surface area contributed by atoms with E-state index in [0.717, 1.165) is 17.3 Å². The van der Waals surface area contributed by atoms with Crippen LogP contribution in [-0.2, 0) is 18.9 Å². The summed E-state index contributed by atoms with van der Waals surface area (Å²) in [4.78, 5) is 0. The summed E-state index contributed by atoms with van der Waals surface area (Å²) in [5.41, 5.74) is 0. The van der Waals surface area contributed by atoms with Crippen LogP contribution in [0.3, 0.4) is 0 Å². The third kappa shape index (κ3) is 3.90. The first-order chi connectivity index (χ1) is 8.55. The third-order valence-corrected chi connectivity index (χ3v) is 3.64. The molecule has 0 unspecified atom stereocenters. The van der Waals surface area contributed by atoms with Crippen LogP contribution in [0.5, 0.6) is 0 Å². The SMILES string of the molecule is CC1(C)OC[C@H](/C=C/CC2(CCI)OCCO2)O1. The average Bonchev–Trinajstić information content (AvgIpc) is 2.87. The maximum absolute atomic E-state index is 5.74. The van der Waals surface area contributed by atoms with Crippen molar-refractivity contribution in [3.05, 3.63) is 12.2 Å². The molecule has 5 heteroatoms. The summed E-state index contributed by atoms with van der Waals surface area (Å²) in [6.45, 7) is 5.87. The number of hydrogen-bond donors (Lipinski definition) is 0. The quantitative estimate of drug-likeness (QED) is 0.425. The van der Waals surface area contributed by atoms with E-state index in [1.165, 1.54) is 0 Å². The van der Waals surface area contributed by atoms with Gasteiger partial charge in [-0.25, -0.2) is 0 Å². The number of rotatable bonds is 5. The van der Waals surface area contributed by atoms with Gasteiger partial charge in [-0.1, -0.05) is 34.7 Å². The standard InChI is InChI=1S/C13H21IO4/c1-12(2)17-10-11(18-12)4-3-5-13(6-7-14)15-8-9-16-13/h3-4,11H,5-10H2,1-2H3/b4-3+/t11-/m0/s1. The lowest BCUT2D eigenvalue weighted by atomic mass is 10.1. The lowest BCUT2D eigenvalue weighted by Crippen LogP contribution is -2.30. The van der Waals surface area contributed by atoms with Crippen molar-refractivity contribution >= 4 is 22.6 Å². The summed E-state index contributed by atoms with van der Waals surface area (Å²) in [5.74, 6) is -0.873. The van der Waals surface area contributed by atoms with Crippen molar-refractivity contribution < 1.29 is 18.9 Å². The molecule has 2 aliphatic rings. The van der Waals surface area contributed by atoms with E-state index in [1.807, 2.05) is 13.8 Å². The van der Waals surface area contributed by atoms with Gasteiger partial charge in [0.25, 0.3) is 0 Å². The molecule has 0 aromatic rings. The predicted molar refractivity (Wildman–Crippen MR) is 76.8 cm³/mol. The van der Waals surface area contributed by atoms with Crippen molar-refractivity contribution in [1.29, 1.82) is 0 Å². The minimum absolute atomic E-state index is 0.0399. The van der Waals surface area contributed by atoms with Crippen LogP contribution in [-0.4, -0.2) is 41.9 Å². The second kappa shape index (κ2) is 6.17. The van der Waals surface area contributed by atoms with Crippen molar-refractivity contribution in [1.82, 2.24) is 0 Å². The summed E-state index contributed by atoms with van der Waals surface area (Å²) < 4.78 is 23.7. The molecule has 2 fully saturated rings. The molecular weight excluding hydrogens is 347 g/mol. The van der Waals surface area contributed by atoms with Gasteiger partial charge in [0.1, 0.15) is 6.10 Å². The number of halogens is 1. The van der Waals surface area contributed by atoms with Gasteiger partial charge in [-0.15, -0.1) is 0 Å². The minimum Gasteiger partial charge on any atom is -0.347 e. The fraction of sp³-hybridized carbons (Fsp3) is 0.846. The minimum atomic E-state index is -0.463. The van der Waals surface area contributed by atoms with Gasteiger partial charge in [0.15, 0.2) is 11.6 Å². The predicted octanol–water partition coefficient (Wildman–Crippen LogP) is 2.65. The molecule has 0 aliphatic carbocycles. The molecule has 2 rings (SSSR count). The van der Waals surface area contributed by atoms with Crippen molar-refractivity contribution in [2.45, 2.75) is 44.4 Å². The van der Waals surface area contributed by atoms with Crippen LogP contribution in [0.25, 0.3) is 0 Å². The molecule has 2 saturated heterocycles. The number of ether oxygens (including phenoxy) is 4. The Balaban J connectivity index is 1.82. The highest BCUT2D eigenvalue weighted by atomic mass is 127. The largest absolute Gasteiger partial charge is 0.347 e. The Bertz CT molecular complexity index is 297. The molecule has 2 aliphatic heterocycles. The zero-order valence-electron chi connectivity index (χ0n) is 11.0. The van der Waals surface area contributed by atoms with Crippen LogP contribution in [0.15, 0.2) is 12.2 Å². The van der Waals surface area contributed by atoms with Crippen molar-refractivity contribution in [3.8, 4) is 0 Å². The first kappa shape index (κ1) is 14.7. The number of hydrogen-bond acceptors (Lipinski definition) is 4. The fourth-order valence-electron chi connectivity index (χ4n) is 2.21. The highest BCUT2D eigenvalue weighted by molar-refractivity contribution is 14.1. The maximum atomic E-state index is 5.74. The zero-order valence-corrected chi connectivity index (χ0v) is 13.1. The van der Waals surface area contributed by atoms with E-state index in [2.05, 4.69) is 34.7 Å². The second-order valence-electron chi connectivity index (χ2n) is 5.05. The Morgan fingerprint density at radius 2 is 1.94 bits per heavy atom. The molecule has 18 heavy (non-hydrogen) atoms. The topological polar surface area (TPSA) is 36.9 Å². The third-order valence-electron chi connectivity index (χ3n) is 3.10. The first-order valence-corrected chi connectivity index (χ1v) is 7.90.